The summed E-state index contributed by atoms with van der Waals surface area (Å²) < 4.78 is 0.641. The number of carbonyl (C=O) groups excluding carboxylic acids is 1. The van der Waals surface area contributed by atoms with Crippen molar-refractivity contribution in [2.24, 2.45) is 0 Å². The first kappa shape index (κ1) is 16.9. The largest absolute Gasteiger partial charge is 0.352 e. The first-order valence-electron chi connectivity index (χ1n) is 8.12. The molecule has 26 heavy (non-hydrogen) atoms. The van der Waals surface area contributed by atoms with Gasteiger partial charge >= 0.3 is 0 Å². The van der Waals surface area contributed by atoms with Gasteiger partial charge in [0, 0.05) is 23.2 Å². The molecular formula is C19H15BrN4OS. The summed E-state index contributed by atoms with van der Waals surface area (Å²) in [5.74, 6) is 0.544. The number of imidazole rings is 1. The Morgan fingerprint density at radius 3 is 2.81 bits per heavy atom. The van der Waals surface area contributed by atoms with Crippen molar-refractivity contribution in [1.29, 1.82) is 0 Å². The van der Waals surface area contributed by atoms with E-state index in [-0.39, 0.29) is 5.91 Å². The smallest absolute Gasteiger partial charge is 0.254 e. The number of nitrogens with zero attached hydrogens (tertiary/aromatic N) is 2. The highest BCUT2D eigenvalue weighted by Crippen LogP contribution is 2.26. The number of hydrogen-bond acceptors (Lipinski definition) is 4. The molecule has 0 aliphatic rings. The SMILES string of the molecule is O=C(NCCc1cccs1)c1c(Br)cnc2nc(-c3ccccc3)[nH]c12. The van der Waals surface area contributed by atoms with Crippen molar-refractivity contribution in [1.82, 2.24) is 20.3 Å². The standard InChI is InChI=1S/C19H15BrN4OS/c20-14-11-22-18-16(23-17(24-18)12-5-2-1-3-6-12)15(14)19(25)21-9-8-13-7-4-10-26-13/h1-7,10-11H,8-9H2,(H,21,25)(H,22,23,24). The van der Waals surface area contributed by atoms with E-state index in [0.29, 0.717) is 33.6 Å². The highest BCUT2D eigenvalue weighted by atomic mass is 79.9. The molecule has 4 aromatic rings. The molecular weight excluding hydrogens is 412 g/mol. The van der Waals surface area contributed by atoms with Crippen LogP contribution in [0.3, 0.4) is 0 Å². The van der Waals surface area contributed by atoms with Gasteiger partial charge in [-0.2, -0.15) is 0 Å². The molecule has 1 aromatic carbocycles. The van der Waals surface area contributed by atoms with Crippen LogP contribution in [0.4, 0.5) is 0 Å². The predicted molar refractivity (Wildman–Crippen MR) is 107 cm³/mol. The van der Waals surface area contributed by atoms with Crippen molar-refractivity contribution in [3.05, 3.63) is 69.0 Å². The number of H-pyrrole nitrogens is 1. The van der Waals surface area contributed by atoms with Crippen LogP contribution in [0, 0.1) is 0 Å². The van der Waals surface area contributed by atoms with Crippen molar-refractivity contribution >= 4 is 44.3 Å². The maximum Gasteiger partial charge on any atom is 0.254 e. The Morgan fingerprint density at radius 1 is 1.19 bits per heavy atom. The molecule has 0 unspecified atom stereocenters. The molecule has 0 saturated carbocycles. The number of pyridine rings is 1. The fraction of sp³-hybridized carbons (Fsp3) is 0.105. The molecule has 1 amide bonds. The van der Waals surface area contributed by atoms with E-state index in [0.717, 1.165) is 12.0 Å². The van der Waals surface area contributed by atoms with Gasteiger partial charge < -0.3 is 10.3 Å². The van der Waals surface area contributed by atoms with Crippen molar-refractivity contribution in [2.75, 3.05) is 6.54 Å². The van der Waals surface area contributed by atoms with Crippen LogP contribution in [0.25, 0.3) is 22.6 Å². The number of aromatic nitrogens is 3. The van der Waals surface area contributed by atoms with Crippen LogP contribution >= 0.6 is 27.3 Å². The summed E-state index contributed by atoms with van der Waals surface area (Å²) in [7, 11) is 0. The molecule has 7 heteroatoms. The van der Waals surface area contributed by atoms with E-state index in [1.807, 2.05) is 41.8 Å². The van der Waals surface area contributed by atoms with E-state index in [1.165, 1.54) is 4.88 Å². The summed E-state index contributed by atoms with van der Waals surface area (Å²) in [6, 6.07) is 13.9. The molecule has 0 spiro atoms. The second-order valence-corrected chi connectivity index (χ2v) is 7.60. The van der Waals surface area contributed by atoms with E-state index in [4.69, 9.17) is 0 Å². The van der Waals surface area contributed by atoms with Gasteiger partial charge in [-0.1, -0.05) is 36.4 Å². The third-order valence-corrected chi connectivity index (χ3v) is 5.52. The molecule has 0 atom stereocenters. The average molecular weight is 427 g/mol. The van der Waals surface area contributed by atoms with Gasteiger partial charge in [0.15, 0.2) is 5.65 Å². The minimum Gasteiger partial charge on any atom is -0.352 e. The van der Waals surface area contributed by atoms with Gasteiger partial charge in [-0.05, 0) is 33.8 Å². The highest BCUT2D eigenvalue weighted by molar-refractivity contribution is 9.10. The zero-order valence-corrected chi connectivity index (χ0v) is 16.1. The number of fused-ring (bicyclic) bond motifs is 1. The first-order valence-corrected chi connectivity index (χ1v) is 9.80. The van der Waals surface area contributed by atoms with Crippen molar-refractivity contribution in [3.63, 3.8) is 0 Å². The molecule has 0 fully saturated rings. The predicted octanol–water partition coefficient (Wildman–Crippen LogP) is 4.42. The quantitative estimate of drug-likeness (QED) is 0.495. The summed E-state index contributed by atoms with van der Waals surface area (Å²) >= 11 is 5.14. The van der Waals surface area contributed by atoms with Crippen LogP contribution in [-0.4, -0.2) is 27.4 Å². The Kier molecular flexibility index (Phi) is 4.81. The van der Waals surface area contributed by atoms with E-state index in [2.05, 4.69) is 42.3 Å². The number of carbonyl (C=O) groups is 1. The second-order valence-electron chi connectivity index (χ2n) is 5.72. The molecule has 130 valence electrons. The minimum atomic E-state index is -0.149. The molecule has 0 bridgehead atoms. The number of aromatic amines is 1. The van der Waals surface area contributed by atoms with Gasteiger partial charge in [-0.3, -0.25) is 4.79 Å². The summed E-state index contributed by atoms with van der Waals surface area (Å²) in [6.45, 7) is 0.579. The Bertz CT molecular complexity index is 1040. The number of nitrogens with one attached hydrogen (secondary N) is 2. The zero-order chi connectivity index (χ0) is 17.9. The van der Waals surface area contributed by atoms with Crippen LogP contribution in [0.1, 0.15) is 15.2 Å². The van der Waals surface area contributed by atoms with Gasteiger partial charge in [-0.15, -0.1) is 11.3 Å². The highest BCUT2D eigenvalue weighted by Gasteiger charge is 2.18. The minimum absolute atomic E-state index is 0.149. The number of thiophene rings is 1. The van der Waals surface area contributed by atoms with Gasteiger partial charge in [0.05, 0.1) is 15.6 Å². The lowest BCUT2D eigenvalue weighted by Crippen LogP contribution is -2.26. The van der Waals surface area contributed by atoms with Gasteiger partial charge in [0.25, 0.3) is 5.91 Å². The normalized spacial score (nSPS) is 11.0. The number of halogens is 1. The summed E-state index contributed by atoms with van der Waals surface area (Å²) in [4.78, 5) is 26.1. The number of benzene rings is 1. The third-order valence-electron chi connectivity index (χ3n) is 3.99. The summed E-state index contributed by atoms with van der Waals surface area (Å²) in [5.41, 5.74) is 2.63. The monoisotopic (exact) mass is 426 g/mol. The first-order chi connectivity index (χ1) is 12.7. The molecule has 3 aromatic heterocycles. The van der Waals surface area contributed by atoms with Crippen molar-refractivity contribution in [3.8, 4) is 11.4 Å². The Balaban J connectivity index is 1.62. The van der Waals surface area contributed by atoms with Crippen LogP contribution in [0.5, 0.6) is 0 Å². The topological polar surface area (TPSA) is 70.7 Å². The molecule has 4 rings (SSSR count). The number of rotatable bonds is 5. The molecule has 0 saturated heterocycles. The summed E-state index contributed by atoms with van der Waals surface area (Å²) in [6.07, 6.45) is 2.43. The van der Waals surface area contributed by atoms with Crippen molar-refractivity contribution in [2.45, 2.75) is 6.42 Å². The molecule has 2 N–H and O–H groups in total. The van der Waals surface area contributed by atoms with Gasteiger partial charge in [0.1, 0.15) is 5.82 Å². The van der Waals surface area contributed by atoms with Gasteiger partial charge in [-0.25, -0.2) is 9.97 Å². The Morgan fingerprint density at radius 2 is 2.04 bits per heavy atom. The van der Waals surface area contributed by atoms with E-state index in [9.17, 15) is 4.79 Å². The van der Waals surface area contributed by atoms with Crippen LogP contribution < -0.4 is 5.32 Å². The number of hydrogen-bond donors (Lipinski definition) is 2. The van der Waals surface area contributed by atoms with Crippen molar-refractivity contribution < 1.29 is 4.79 Å². The zero-order valence-electron chi connectivity index (χ0n) is 13.7. The Hall–Kier alpha value is -2.51. The van der Waals surface area contributed by atoms with Gasteiger partial charge in [0.2, 0.25) is 0 Å². The third kappa shape index (κ3) is 3.40. The van der Waals surface area contributed by atoms with E-state index >= 15 is 0 Å². The average Bonchev–Trinajstić information content (AvgIpc) is 3.31. The van der Waals surface area contributed by atoms with E-state index in [1.54, 1.807) is 17.5 Å². The molecule has 5 nitrogen and oxygen atoms in total. The maximum atomic E-state index is 12.7. The molecule has 0 aliphatic heterocycles. The Labute approximate surface area is 162 Å². The lowest BCUT2D eigenvalue weighted by Gasteiger charge is -2.07. The maximum absolute atomic E-state index is 12.7. The fourth-order valence-electron chi connectivity index (χ4n) is 2.73. The van der Waals surface area contributed by atoms with E-state index < -0.39 is 0 Å². The lowest BCUT2D eigenvalue weighted by molar-refractivity contribution is 0.0955. The second kappa shape index (κ2) is 7.39. The van der Waals surface area contributed by atoms with Crippen LogP contribution in [0.15, 0.2) is 58.5 Å². The molecule has 3 heterocycles. The fourth-order valence-corrected chi connectivity index (χ4v) is 3.92. The summed E-state index contributed by atoms with van der Waals surface area (Å²) in [5, 5.41) is 5.02. The van der Waals surface area contributed by atoms with Crippen LogP contribution in [0.2, 0.25) is 0 Å². The number of amides is 1. The lowest BCUT2D eigenvalue weighted by atomic mass is 10.2. The van der Waals surface area contributed by atoms with Crippen LogP contribution in [-0.2, 0) is 6.42 Å². The molecule has 0 radical (unpaired) electrons. The molecule has 0 aliphatic carbocycles.